The van der Waals surface area contributed by atoms with E-state index >= 15 is 0 Å². The quantitative estimate of drug-likeness (QED) is 0.765. The third-order valence-electron chi connectivity index (χ3n) is 2.33. The second-order valence-corrected chi connectivity index (χ2v) is 3.94. The molecule has 0 unspecified atom stereocenters. The van der Waals surface area contributed by atoms with E-state index in [0.29, 0.717) is 0 Å². The molecule has 0 heterocycles. The molecule has 1 aromatic rings. The molecule has 15 heavy (non-hydrogen) atoms. The Labute approximate surface area is 90.3 Å². The van der Waals surface area contributed by atoms with E-state index in [4.69, 9.17) is 5.11 Å². The summed E-state index contributed by atoms with van der Waals surface area (Å²) in [7, 11) is 0. The largest absolute Gasteiger partial charge is 0.481 e. The van der Waals surface area contributed by atoms with Crippen molar-refractivity contribution in [3.8, 4) is 0 Å². The van der Waals surface area contributed by atoms with Crippen molar-refractivity contribution >= 4 is 5.97 Å². The maximum atomic E-state index is 10.8. The molecule has 1 N–H and O–H groups in total. The van der Waals surface area contributed by atoms with Crippen molar-refractivity contribution in [2.24, 2.45) is 0 Å². The topological polar surface area (TPSA) is 37.3 Å². The smallest absolute Gasteiger partial charge is 0.310 e. The molecule has 0 aliphatic rings. The lowest BCUT2D eigenvalue weighted by molar-refractivity contribution is -0.138. The van der Waals surface area contributed by atoms with Gasteiger partial charge >= 0.3 is 5.97 Å². The lowest BCUT2D eigenvalue weighted by Crippen LogP contribution is -2.07. The first-order valence-corrected chi connectivity index (χ1v) is 4.96. The Hall–Kier alpha value is -1.57. The van der Waals surface area contributed by atoms with Crippen LogP contribution in [0.15, 0.2) is 36.4 Å². The molecule has 80 valence electrons. The molecule has 0 saturated heterocycles. The molecule has 0 radical (unpaired) electrons. The second-order valence-electron chi connectivity index (χ2n) is 3.94. The molecular formula is C13H16O2. The molecule has 2 heteroatoms. The van der Waals surface area contributed by atoms with Crippen LogP contribution in [0.1, 0.15) is 30.9 Å². The van der Waals surface area contributed by atoms with Crippen molar-refractivity contribution in [2.75, 3.05) is 0 Å². The molecule has 1 atom stereocenters. The average Bonchev–Trinajstić information content (AvgIpc) is 2.16. The summed E-state index contributed by atoms with van der Waals surface area (Å²) < 4.78 is 0. The van der Waals surface area contributed by atoms with Gasteiger partial charge in [-0.3, -0.25) is 4.79 Å². The van der Waals surface area contributed by atoms with Crippen LogP contribution in [-0.2, 0) is 11.2 Å². The summed E-state index contributed by atoms with van der Waals surface area (Å²) in [4.78, 5) is 10.8. The number of carboxylic acid groups (broad SMARTS) is 1. The first-order chi connectivity index (χ1) is 7.00. The van der Waals surface area contributed by atoms with Crippen LogP contribution in [0.25, 0.3) is 0 Å². The summed E-state index contributed by atoms with van der Waals surface area (Å²) in [6, 6.07) is 7.67. The maximum absolute atomic E-state index is 10.8. The van der Waals surface area contributed by atoms with E-state index in [2.05, 4.69) is 6.58 Å². The van der Waals surface area contributed by atoms with Crippen molar-refractivity contribution in [3.05, 3.63) is 47.5 Å². The zero-order valence-corrected chi connectivity index (χ0v) is 9.16. The Morgan fingerprint density at radius 3 is 2.73 bits per heavy atom. The number of hydrogen-bond donors (Lipinski definition) is 1. The molecule has 0 fully saturated rings. The second kappa shape index (κ2) is 4.78. The van der Waals surface area contributed by atoms with Gasteiger partial charge in [-0.1, -0.05) is 36.4 Å². The summed E-state index contributed by atoms with van der Waals surface area (Å²) in [5.41, 5.74) is 3.05. The van der Waals surface area contributed by atoms with E-state index in [1.807, 2.05) is 31.2 Å². The van der Waals surface area contributed by atoms with Gasteiger partial charge in [-0.15, -0.1) is 0 Å². The SMILES string of the molecule is C=C(C)Cc1cccc([C@@H](C)C(=O)O)c1. The lowest BCUT2D eigenvalue weighted by atomic mass is 9.97. The van der Waals surface area contributed by atoms with Crippen molar-refractivity contribution in [3.63, 3.8) is 0 Å². The molecular weight excluding hydrogens is 188 g/mol. The third kappa shape index (κ3) is 3.24. The van der Waals surface area contributed by atoms with Gasteiger partial charge in [-0.25, -0.2) is 0 Å². The van der Waals surface area contributed by atoms with Crippen LogP contribution < -0.4 is 0 Å². The van der Waals surface area contributed by atoms with Gasteiger partial charge in [0, 0.05) is 0 Å². The molecule has 1 rings (SSSR count). The average molecular weight is 204 g/mol. The monoisotopic (exact) mass is 204 g/mol. The fourth-order valence-electron chi connectivity index (χ4n) is 1.46. The fraction of sp³-hybridized carbons (Fsp3) is 0.308. The third-order valence-corrected chi connectivity index (χ3v) is 2.33. The molecule has 0 aliphatic carbocycles. The minimum atomic E-state index is -0.789. The lowest BCUT2D eigenvalue weighted by Gasteiger charge is -2.08. The van der Waals surface area contributed by atoms with Crippen molar-refractivity contribution in [1.29, 1.82) is 0 Å². The van der Waals surface area contributed by atoms with E-state index in [1.54, 1.807) is 6.92 Å². The molecule has 0 aromatic heterocycles. The summed E-state index contributed by atoms with van der Waals surface area (Å²) in [6.45, 7) is 7.51. The van der Waals surface area contributed by atoms with Gasteiger partial charge in [0.25, 0.3) is 0 Å². The molecule has 2 nitrogen and oxygen atoms in total. The highest BCUT2D eigenvalue weighted by Gasteiger charge is 2.13. The molecule has 0 saturated carbocycles. The van der Waals surface area contributed by atoms with Crippen molar-refractivity contribution in [2.45, 2.75) is 26.2 Å². The van der Waals surface area contributed by atoms with Crippen LogP contribution in [0, 0.1) is 0 Å². The Morgan fingerprint density at radius 1 is 1.53 bits per heavy atom. The minimum Gasteiger partial charge on any atom is -0.481 e. The predicted molar refractivity (Wildman–Crippen MR) is 61.0 cm³/mol. The van der Waals surface area contributed by atoms with Gasteiger partial charge in [0.1, 0.15) is 0 Å². The highest BCUT2D eigenvalue weighted by molar-refractivity contribution is 5.75. The number of hydrogen-bond acceptors (Lipinski definition) is 1. The normalized spacial score (nSPS) is 12.1. The van der Waals surface area contributed by atoms with Crippen molar-refractivity contribution in [1.82, 2.24) is 0 Å². The van der Waals surface area contributed by atoms with Crippen LogP contribution >= 0.6 is 0 Å². The van der Waals surface area contributed by atoms with Crippen LogP contribution in [-0.4, -0.2) is 11.1 Å². The summed E-state index contributed by atoms with van der Waals surface area (Å²) in [6.07, 6.45) is 0.806. The first-order valence-electron chi connectivity index (χ1n) is 4.96. The highest BCUT2D eigenvalue weighted by Crippen LogP contribution is 2.18. The number of rotatable bonds is 4. The zero-order valence-electron chi connectivity index (χ0n) is 9.16. The molecule has 0 aliphatic heterocycles. The van der Waals surface area contributed by atoms with Gasteiger partial charge in [0.15, 0.2) is 0 Å². The van der Waals surface area contributed by atoms with Crippen LogP contribution in [0.2, 0.25) is 0 Å². The van der Waals surface area contributed by atoms with Crippen LogP contribution in [0.3, 0.4) is 0 Å². The van der Waals surface area contributed by atoms with Gasteiger partial charge in [-0.05, 0) is 31.4 Å². The van der Waals surface area contributed by atoms with Crippen LogP contribution in [0.5, 0.6) is 0 Å². The van der Waals surface area contributed by atoms with Crippen LogP contribution in [0.4, 0.5) is 0 Å². The number of carbonyl (C=O) groups is 1. The van der Waals surface area contributed by atoms with Crippen molar-refractivity contribution < 1.29 is 9.90 Å². The molecule has 0 spiro atoms. The molecule has 0 amide bonds. The Morgan fingerprint density at radius 2 is 2.20 bits per heavy atom. The summed E-state index contributed by atoms with van der Waals surface area (Å²) in [5, 5.41) is 8.89. The van der Waals surface area contributed by atoms with E-state index in [0.717, 1.165) is 23.1 Å². The first kappa shape index (κ1) is 11.5. The van der Waals surface area contributed by atoms with E-state index < -0.39 is 11.9 Å². The van der Waals surface area contributed by atoms with E-state index in [-0.39, 0.29) is 0 Å². The van der Waals surface area contributed by atoms with Gasteiger partial charge in [0.05, 0.1) is 5.92 Å². The molecule has 1 aromatic carbocycles. The standard InChI is InChI=1S/C13H16O2/c1-9(2)7-11-5-4-6-12(8-11)10(3)13(14)15/h4-6,8,10H,1,7H2,2-3H3,(H,14,15)/t10-/m1/s1. The van der Waals surface area contributed by atoms with Gasteiger partial charge in [-0.2, -0.15) is 0 Å². The number of allylic oxidation sites excluding steroid dienone is 1. The number of carboxylic acids is 1. The van der Waals surface area contributed by atoms with Gasteiger partial charge in [0.2, 0.25) is 0 Å². The van der Waals surface area contributed by atoms with Gasteiger partial charge < -0.3 is 5.11 Å². The highest BCUT2D eigenvalue weighted by atomic mass is 16.4. The maximum Gasteiger partial charge on any atom is 0.310 e. The predicted octanol–water partition coefficient (Wildman–Crippen LogP) is 2.99. The molecule has 0 bridgehead atoms. The number of aliphatic carboxylic acids is 1. The minimum absolute atomic E-state index is 0.449. The Balaban J connectivity index is 2.92. The Bertz CT molecular complexity index is 380. The summed E-state index contributed by atoms with van der Waals surface area (Å²) >= 11 is 0. The zero-order chi connectivity index (χ0) is 11.4. The number of benzene rings is 1. The van der Waals surface area contributed by atoms with E-state index in [1.165, 1.54) is 0 Å². The Kier molecular flexibility index (Phi) is 3.67. The van der Waals surface area contributed by atoms with E-state index in [9.17, 15) is 4.79 Å². The summed E-state index contributed by atoms with van der Waals surface area (Å²) in [5.74, 6) is -1.24. The fourth-order valence-corrected chi connectivity index (χ4v) is 1.46.